The van der Waals surface area contributed by atoms with Crippen molar-refractivity contribution in [3.63, 3.8) is 0 Å². The number of alkyl halides is 1. The van der Waals surface area contributed by atoms with Crippen molar-refractivity contribution in [3.05, 3.63) is 0 Å². The summed E-state index contributed by atoms with van der Waals surface area (Å²) in [6.07, 6.45) is 3.78. The molecule has 0 unspecified atom stereocenters. The highest BCUT2D eigenvalue weighted by Gasteiger charge is 2.15. The van der Waals surface area contributed by atoms with E-state index in [1.165, 1.54) is 0 Å². The number of hydrogen-bond donors (Lipinski definition) is 1. The van der Waals surface area contributed by atoms with Crippen molar-refractivity contribution < 1.29 is 14.3 Å². The van der Waals surface area contributed by atoms with Gasteiger partial charge in [0.2, 0.25) is 0 Å². The van der Waals surface area contributed by atoms with Crippen LogP contribution >= 0.6 is 15.9 Å². The van der Waals surface area contributed by atoms with Crippen molar-refractivity contribution >= 4 is 22.0 Å². The zero-order valence-corrected chi connectivity index (χ0v) is 15.3. The smallest absolute Gasteiger partial charge is 0.407 e. The molecule has 5 heteroatoms. The van der Waals surface area contributed by atoms with Crippen molar-refractivity contribution in [1.29, 1.82) is 0 Å². The highest BCUT2D eigenvalue weighted by molar-refractivity contribution is 9.09. The number of alkyl carbamates (subject to hydrolysis) is 1. The summed E-state index contributed by atoms with van der Waals surface area (Å²) in [7, 11) is 0. The number of amides is 1. The molecule has 0 rings (SSSR count). The Labute approximate surface area is 133 Å². The highest BCUT2D eigenvalue weighted by Crippen LogP contribution is 2.06. The van der Waals surface area contributed by atoms with Crippen molar-refractivity contribution in [2.45, 2.75) is 65.9 Å². The average molecular weight is 354 g/mol. The van der Waals surface area contributed by atoms with E-state index >= 15 is 0 Å². The van der Waals surface area contributed by atoms with Gasteiger partial charge in [-0.2, -0.15) is 0 Å². The SMILES string of the molecule is CC.CC(C)(C)OC(=O)NCCCCOCCCCBr. The van der Waals surface area contributed by atoms with Crippen LogP contribution in [0.25, 0.3) is 0 Å². The van der Waals surface area contributed by atoms with Crippen LogP contribution in [0.2, 0.25) is 0 Å². The van der Waals surface area contributed by atoms with Crippen molar-refractivity contribution in [2.24, 2.45) is 0 Å². The monoisotopic (exact) mass is 353 g/mol. The Balaban J connectivity index is 0. The van der Waals surface area contributed by atoms with Crippen LogP contribution in [0.3, 0.4) is 0 Å². The Kier molecular flexibility index (Phi) is 16.6. The molecule has 1 amide bonds. The van der Waals surface area contributed by atoms with Gasteiger partial charge in [0.25, 0.3) is 0 Å². The van der Waals surface area contributed by atoms with E-state index < -0.39 is 5.60 Å². The molecule has 122 valence electrons. The van der Waals surface area contributed by atoms with Crippen LogP contribution in [0.4, 0.5) is 4.79 Å². The summed E-state index contributed by atoms with van der Waals surface area (Å²) < 4.78 is 10.6. The normalized spacial score (nSPS) is 10.5. The lowest BCUT2D eigenvalue weighted by molar-refractivity contribution is 0.0524. The van der Waals surface area contributed by atoms with E-state index in [1.807, 2.05) is 34.6 Å². The van der Waals surface area contributed by atoms with Crippen LogP contribution in [-0.2, 0) is 9.47 Å². The van der Waals surface area contributed by atoms with Gasteiger partial charge in [0.1, 0.15) is 5.60 Å². The van der Waals surface area contributed by atoms with Crippen LogP contribution in [-0.4, -0.2) is 36.8 Å². The molecule has 0 spiro atoms. The van der Waals surface area contributed by atoms with Crippen molar-refractivity contribution in [2.75, 3.05) is 25.1 Å². The molecule has 0 bridgehead atoms. The van der Waals surface area contributed by atoms with Gasteiger partial charge in [0, 0.05) is 25.1 Å². The number of carbonyl (C=O) groups excluding carboxylic acids is 1. The minimum Gasteiger partial charge on any atom is -0.444 e. The summed E-state index contributed by atoms with van der Waals surface area (Å²) in [6, 6.07) is 0. The van der Waals surface area contributed by atoms with Gasteiger partial charge in [-0.05, 0) is 46.5 Å². The van der Waals surface area contributed by atoms with Crippen LogP contribution in [0.1, 0.15) is 60.3 Å². The third kappa shape index (κ3) is 20.0. The molecule has 4 nitrogen and oxygen atoms in total. The van der Waals surface area contributed by atoms with Crippen LogP contribution in [0, 0.1) is 0 Å². The topological polar surface area (TPSA) is 47.6 Å². The molecule has 0 fully saturated rings. The summed E-state index contributed by atoms with van der Waals surface area (Å²) in [5.74, 6) is 0. The first-order chi connectivity index (χ1) is 9.45. The molecule has 0 radical (unpaired) electrons. The van der Waals surface area contributed by atoms with Gasteiger partial charge in [0.05, 0.1) is 0 Å². The highest BCUT2D eigenvalue weighted by atomic mass is 79.9. The summed E-state index contributed by atoms with van der Waals surface area (Å²) in [5.41, 5.74) is -0.428. The Morgan fingerprint density at radius 3 is 2.10 bits per heavy atom. The predicted octanol–water partition coefficient (Wildman–Crippen LogP) is 4.51. The van der Waals surface area contributed by atoms with E-state index in [4.69, 9.17) is 9.47 Å². The molecule has 0 saturated heterocycles. The zero-order chi connectivity index (χ0) is 15.9. The lowest BCUT2D eigenvalue weighted by atomic mass is 10.2. The number of halogens is 1. The molecule has 0 saturated carbocycles. The minimum atomic E-state index is -0.428. The molecule has 0 aliphatic carbocycles. The van der Waals surface area contributed by atoms with Crippen molar-refractivity contribution in [3.8, 4) is 0 Å². The first-order valence-electron chi connectivity index (χ1n) is 7.56. The predicted molar refractivity (Wildman–Crippen MR) is 88.7 cm³/mol. The Bertz CT molecular complexity index is 218. The van der Waals surface area contributed by atoms with Gasteiger partial charge in [-0.3, -0.25) is 0 Å². The third-order valence-electron chi connectivity index (χ3n) is 2.06. The van der Waals surface area contributed by atoms with Crippen LogP contribution < -0.4 is 5.32 Å². The van der Waals surface area contributed by atoms with E-state index in [9.17, 15) is 4.79 Å². The van der Waals surface area contributed by atoms with E-state index in [0.717, 1.165) is 44.2 Å². The fourth-order valence-electron chi connectivity index (χ4n) is 1.23. The first-order valence-corrected chi connectivity index (χ1v) is 8.68. The average Bonchev–Trinajstić information content (AvgIpc) is 2.37. The Hall–Kier alpha value is -0.290. The second-order valence-corrected chi connectivity index (χ2v) is 5.94. The second-order valence-electron chi connectivity index (χ2n) is 5.14. The minimum absolute atomic E-state index is 0.347. The van der Waals surface area contributed by atoms with Gasteiger partial charge in [-0.15, -0.1) is 0 Å². The molecule has 1 N–H and O–H groups in total. The summed E-state index contributed by atoms with van der Waals surface area (Å²) in [5, 5.41) is 3.77. The van der Waals surface area contributed by atoms with E-state index in [-0.39, 0.29) is 6.09 Å². The first kappa shape index (κ1) is 22.0. The number of hydrogen-bond acceptors (Lipinski definition) is 3. The fourth-order valence-corrected chi connectivity index (χ4v) is 1.63. The summed E-state index contributed by atoms with van der Waals surface area (Å²) in [4.78, 5) is 11.3. The quantitative estimate of drug-likeness (QED) is 0.490. The maximum atomic E-state index is 11.3. The molecule has 20 heavy (non-hydrogen) atoms. The molecule has 0 heterocycles. The lowest BCUT2D eigenvalue weighted by Gasteiger charge is -2.19. The van der Waals surface area contributed by atoms with E-state index in [0.29, 0.717) is 6.54 Å². The van der Waals surface area contributed by atoms with Gasteiger partial charge in [0.15, 0.2) is 0 Å². The van der Waals surface area contributed by atoms with Crippen molar-refractivity contribution in [1.82, 2.24) is 5.32 Å². The third-order valence-corrected chi connectivity index (χ3v) is 2.62. The van der Waals surface area contributed by atoms with Gasteiger partial charge < -0.3 is 14.8 Å². The number of unbranched alkanes of at least 4 members (excludes halogenated alkanes) is 2. The summed E-state index contributed by atoms with van der Waals surface area (Å²) in [6.45, 7) is 11.8. The van der Waals surface area contributed by atoms with E-state index in [2.05, 4.69) is 21.2 Å². The fraction of sp³-hybridized carbons (Fsp3) is 0.933. The number of rotatable bonds is 9. The largest absolute Gasteiger partial charge is 0.444 e. The molecule has 0 aromatic carbocycles. The maximum absolute atomic E-state index is 11.3. The Morgan fingerprint density at radius 2 is 1.60 bits per heavy atom. The second kappa shape index (κ2) is 15.1. The molecule has 0 atom stereocenters. The zero-order valence-electron chi connectivity index (χ0n) is 13.8. The van der Waals surface area contributed by atoms with Crippen LogP contribution in [0.5, 0.6) is 0 Å². The molecule has 0 aromatic rings. The van der Waals surface area contributed by atoms with E-state index in [1.54, 1.807) is 0 Å². The van der Waals surface area contributed by atoms with Gasteiger partial charge in [-0.25, -0.2) is 4.79 Å². The number of nitrogens with one attached hydrogen (secondary N) is 1. The summed E-state index contributed by atoms with van der Waals surface area (Å²) >= 11 is 3.38. The molecule has 0 aliphatic rings. The van der Waals surface area contributed by atoms with Gasteiger partial charge in [-0.1, -0.05) is 29.8 Å². The lowest BCUT2D eigenvalue weighted by Crippen LogP contribution is -2.33. The molecule has 0 aromatic heterocycles. The van der Waals surface area contributed by atoms with Gasteiger partial charge >= 0.3 is 6.09 Å². The molecular weight excluding hydrogens is 322 g/mol. The molecule has 0 aliphatic heterocycles. The van der Waals surface area contributed by atoms with Crippen LogP contribution in [0.15, 0.2) is 0 Å². The maximum Gasteiger partial charge on any atom is 0.407 e. The number of carbonyl (C=O) groups is 1. The Morgan fingerprint density at radius 1 is 1.05 bits per heavy atom. The molecular formula is C15H32BrNO3. The standard InChI is InChI=1S/C13H26BrNO3.C2H6/c1-13(2,3)18-12(16)15-9-5-7-11-17-10-6-4-8-14;1-2/h4-11H2,1-3H3,(H,15,16);1-2H3. The number of ether oxygens (including phenoxy) is 2.